The van der Waals surface area contributed by atoms with Crippen molar-refractivity contribution in [3.05, 3.63) is 48.2 Å². The fraction of sp³-hybridized carbons (Fsp3) is 0.278. The molecule has 0 saturated carbocycles. The van der Waals surface area contributed by atoms with E-state index in [0.717, 1.165) is 5.56 Å². The fourth-order valence-electron chi connectivity index (χ4n) is 1.89. The number of benzene rings is 1. The highest BCUT2D eigenvalue weighted by atomic mass is 16.5. The Balaban J connectivity index is 1.86. The Kier molecular flexibility index (Phi) is 6.59. The third-order valence-electron chi connectivity index (χ3n) is 3.11. The third-order valence-corrected chi connectivity index (χ3v) is 3.11. The van der Waals surface area contributed by atoms with Gasteiger partial charge in [0.1, 0.15) is 5.75 Å². The number of nitriles is 1. The van der Waals surface area contributed by atoms with E-state index in [9.17, 15) is 4.79 Å². The highest BCUT2D eigenvalue weighted by molar-refractivity contribution is 5.92. The summed E-state index contributed by atoms with van der Waals surface area (Å²) in [6.45, 7) is 2.26. The number of anilines is 1. The zero-order chi connectivity index (χ0) is 17.2. The largest absolute Gasteiger partial charge is 0.490 e. The molecule has 0 spiro atoms. The van der Waals surface area contributed by atoms with Crippen molar-refractivity contribution < 1.29 is 14.3 Å². The van der Waals surface area contributed by atoms with E-state index in [4.69, 9.17) is 14.7 Å². The first-order valence-electron chi connectivity index (χ1n) is 7.63. The number of ether oxygens (including phenoxy) is 2. The molecule has 6 heteroatoms. The second-order valence-corrected chi connectivity index (χ2v) is 5.11. The van der Waals surface area contributed by atoms with Crippen molar-refractivity contribution in [2.45, 2.75) is 19.8 Å². The first kappa shape index (κ1) is 17.3. The van der Waals surface area contributed by atoms with Crippen LogP contribution < -0.4 is 14.8 Å². The molecule has 0 unspecified atom stereocenters. The summed E-state index contributed by atoms with van der Waals surface area (Å²) >= 11 is 0. The van der Waals surface area contributed by atoms with E-state index in [1.54, 1.807) is 18.3 Å². The summed E-state index contributed by atoms with van der Waals surface area (Å²) in [6.07, 6.45) is 2.61. The topological polar surface area (TPSA) is 84.2 Å². The predicted molar refractivity (Wildman–Crippen MR) is 89.9 cm³/mol. The molecule has 0 saturated heterocycles. The average molecular weight is 325 g/mol. The van der Waals surface area contributed by atoms with Crippen LogP contribution >= 0.6 is 0 Å². The molecule has 0 atom stereocenters. The Bertz CT molecular complexity index is 708. The molecule has 0 aliphatic heterocycles. The Morgan fingerprint density at radius 3 is 2.79 bits per heavy atom. The van der Waals surface area contributed by atoms with E-state index in [1.807, 2.05) is 31.2 Å². The first-order valence-corrected chi connectivity index (χ1v) is 7.63. The molecular weight excluding hydrogens is 306 g/mol. The third kappa shape index (κ3) is 5.61. The number of unbranched alkanes of at least 4 members (excludes halogenated alkanes) is 1. The summed E-state index contributed by atoms with van der Waals surface area (Å²) in [6, 6.07) is 12.9. The number of amides is 1. The minimum Gasteiger partial charge on any atom is -0.490 e. The monoisotopic (exact) mass is 325 g/mol. The van der Waals surface area contributed by atoms with Crippen LogP contribution in [0, 0.1) is 18.3 Å². The molecule has 0 fully saturated rings. The lowest BCUT2D eigenvalue weighted by molar-refractivity contribution is -0.118. The maximum atomic E-state index is 12.0. The van der Waals surface area contributed by atoms with E-state index in [1.165, 1.54) is 0 Å². The van der Waals surface area contributed by atoms with Crippen molar-refractivity contribution in [3.63, 3.8) is 0 Å². The van der Waals surface area contributed by atoms with Crippen molar-refractivity contribution in [2.24, 2.45) is 0 Å². The molecule has 2 rings (SSSR count). The summed E-state index contributed by atoms with van der Waals surface area (Å²) in [5.74, 6) is 1.12. The normalized spacial score (nSPS) is 9.83. The Hall–Kier alpha value is -3.07. The summed E-state index contributed by atoms with van der Waals surface area (Å²) in [5.41, 5.74) is 1.12. The smallest absolute Gasteiger partial charge is 0.263 e. The molecule has 24 heavy (non-hydrogen) atoms. The van der Waals surface area contributed by atoms with Gasteiger partial charge in [-0.05, 0) is 37.6 Å². The van der Waals surface area contributed by atoms with Crippen LogP contribution in [0.25, 0.3) is 0 Å². The van der Waals surface area contributed by atoms with Crippen LogP contribution in [0.15, 0.2) is 42.6 Å². The van der Waals surface area contributed by atoms with Gasteiger partial charge in [0.05, 0.1) is 12.7 Å². The summed E-state index contributed by atoms with van der Waals surface area (Å²) in [5, 5.41) is 11.2. The van der Waals surface area contributed by atoms with Crippen LogP contribution in [-0.4, -0.2) is 24.1 Å². The first-order chi connectivity index (χ1) is 11.7. The molecule has 0 radical (unpaired) electrons. The lowest BCUT2D eigenvalue weighted by atomic mass is 10.2. The minimum absolute atomic E-state index is 0.118. The van der Waals surface area contributed by atoms with Crippen LogP contribution in [0.5, 0.6) is 11.5 Å². The zero-order valence-corrected chi connectivity index (χ0v) is 13.5. The van der Waals surface area contributed by atoms with E-state index in [2.05, 4.69) is 16.4 Å². The van der Waals surface area contributed by atoms with Gasteiger partial charge in [-0.2, -0.15) is 5.26 Å². The van der Waals surface area contributed by atoms with Crippen LogP contribution in [-0.2, 0) is 4.79 Å². The van der Waals surface area contributed by atoms with Gasteiger partial charge in [0.15, 0.2) is 18.2 Å². The van der Waals surface area contributed by atoms with Gasteiger partial charge >= 0.3 is 0 Å². The lowest BCUT2D eigenvalue weighted by Gasteiger charge is -2.11. The number of aromatic nitrogens is 1. The zero-order valence-electron chi connectivity index (χ0n) is 13.5. The number of nitrogens with one attached hydrogen (secondary N) is 1. The highest BCUT2D eigenvalue weighted by Gasteiger charge is 2.09. The molecular formula is C18H19N3O3. The predicted octanol–water partition coefficient (Wildman–Crippen LogP) is 3.09. The maximum Gasteiger partial charge on any atom is 0.263 e. The van der Waals surface area contributed by atoms with Crippen LogP contribution in [0.1, 0.15) is 18.4 Å². The molecule has 1 amide bonds. The van der Waals surface area contributed by atoms with Crippen LogP contribution in [0.4, 0.5) is 5.82 Å². The van der Waals surface area contributed by atoms with Crippen LogP contribution in [0.2, 0.25) is 0 Å². The molecule has 124 valence electrons. The molecule has 1 aromatic carbocycles. The van der Waals surface area contributed by atoms with Gasteiger partial charge in [-0.15, -0.1) is 0 Å². The second-order valence-electron chi connectivity index (χ2n) is 5.11. The maximum absolute atomic E-state index is 12.0. The molecule has 1 heterocycles. The molecule has 0 aliphatic carbocycles. The van der Waals surface area contributed by atoms with Gasteiger partial charge in [-0.1, -0.05) is 17.7 Å². The van der Waals surface area contributed by atoms with Crippen molar-refractivity contribution in [2.75, 3.05) is 18.5 Å². The Morgan fingerprint density at radius 2 is 2.04 bits per heavy atom. The molecule has 0 bridgehead atoms. The van der Waals surface area contributed by atoms with Gasteiger partial charge in [0, 0.05) is 12.6 Å². The number of rotatable bonds is 8. The van der Waals surface area contributed by atoms with Crippen molar-refractivity contribution in [1.29, 1.82) is 5.26 Å². The average Bonchev–Trinajstić information content (AvgIpc) is 2.59. The van der Waals surface area contributed by atoms with Crippen molar-refractivity contribution >= 4 is 11.7 Å². The van der Waals surface area contributed by atoms with E-state index in [0.29, 0.717) is 36.8 Å². The van der Waals surface area contributed by atoms with Crippen LogP contribution in [0.3, 0.4) is 0 Å². The van der Waals surface area contributed by atoms with E-state index >= 15 is 0 Å². The number of aryl methyl sites for hydroxylation is 1. The lowest BCUT2D eigenvalue weighted by Crippen LogP contribution is -2.21. The Labute approximate surface area is 141 Å². The highest BCUT2D eigenvalue weighted by Crippen LogP contribution is 2.21. The van der Waals surface area contributed by atoms with Gasteiger partial charge < -0.3 is 14.8 Å². The standard InChI is InChI=1S/C18H19N3O3/c1-14-6-8-15(9-7-14)24-13-17(22)21-18-16(5-4-11-20-18)23-12-3-2-10-19/h4-9,11H,2-3,12-13H2,1H3,(H,20,21,22). The van der Waals surface area contributed by atoms with E-state index < -0.39 is 0 Å². The summed E-state index contributed by atoms with van der Waals surface area (Å²) in [7, 11) is 0. The number of hydrogen-bond donors (Lipinski definition) is 1. The SMILES string of the molecule is Cc1ccc(OCC(=O)Nc2ncccc2OCCCC#N)cc1. The van der Waals surface area contributed by atoms with Gasteiger partial charge in [0.25, 0.3) is 5.91 Å². The van der Waals surface area contributed by atoms with Gasteiger partial charge in [-0.25, -0.2) is 4.98 Å². The number of pyridine rings is 1. The van der Waals surface area contributed by atoms with Gasteiger partial charge in [-0.3, -0.25) is 4.79 Å². The van der Waals surface area contributed by atoms with E-state index in [-0.39, 0.29) is 12.5 Å². The summed E-state index contributed by atoms with van der Waals surface area (Å²) < 4.78 is 11.0. The molecule has 6 nitrogen and oxygen atoms in total. The molecule has 1 N–H and O–H groups in total. The van der Waals surface area contributed by atoms with Crippen molar-refractivity contribution in [1.82, 2.24) is 4.98 Å². The number of carbonyl (C=O) groups is 1. The Morgan fingerprint density at radius 1 is 1.25 bits per heavy atom. The summed E-state index contributed by atoms with van der Waals surface area (Å²) in [4.78, 5) is 16.1. The number of carbonyl (C=O) groups excluding carboxylic acids is 1. The van der Waals surface area contributed by atoms with Gasteiger partial charge in [0.2, 0.25) is 0 Å². The molecule has 0 aliphatic rings. The van der Waals surface area contributed by atoms with Crippen molar-refractivity contribution in [3.8, 4) is 17.6 Å². The quantitative estimate of drug-likeness (QED) is 0.754. The second kappa shape index (κ2) is 9.16. The molecule has 2 aromatic rings. The molecule has 1 aromatic heterocycles. The fourth-order valence-corrected chi connectivity index (χ4v) is 1.89. The minimum atomic E-state index is -0.323. The number of nitrogens with zero attached hydrogens (tertiary/aromatic N) is 2. The number of hydrogen-bond acceptors (Lipinski definition) is 5.